The molecule has 1 heterocycles. The van der Waals surface area contributed by atoms with Crippen LogP contribution in [0.25, 0.3) is 0 Å². The fourth-order valence-corrected chi connectivity index (χ4v) is 3.59. The van der Waals surface area contributed by atoms with Gasteiger partial charge in [-0.3, -0.25) is 4.79 Å². The highest BCUT2D eigenvalue weighted by molar-refractivity contribution is 5.75. The first-order valence-corrected chi connectivity index (χ1v) is 8.28. The summed E-state index contributed by atoms with van der Waals surface area (Å²) in [4.78, 5) is 12.4. The third-order valence-corrected chi connectivity index (χ3v) is 4.95. The van der Waals surface area contributed by atoms with Crippen LogP contribution in [0.1, 0.15) is 44.6 Å². The molecule has 0 aromatic heterocycles. The minimum absolute atomic E-state index is 0.0150. The van der Waals surface area contributed by atoms with E-state index in [4.69, 9.17) is 4.74 Å². The number of ether oxygens (including phenoxy) is 1. The Kier molecular flexibility index (Phi) is 4.47. The van der Waals surface area contributed by atoms with Crippen molar-refractivity contribution >= 4 is 11.7 Å². The van der Waals surface area contributed by atoms with Crippen molar-refractivity contribution in [3.63, 3.8) is 0 Å². The van der Waals surface area contributed by atoms with Crippen molar-refractivity contribution in [3.8, 4) is 0 Å². The number of hydrogen-bond donors (Lipinski definition) is 1. The number of para-hydroxylation sites is 1. The predicted molar refractivity (Wildman–Crippen MR) is 84.3 cm³/mol. The lowest BCUT2D eigenvalue weighted by Crippen LogP contribution is -2.34. The van der Waals surface area contributed by atoms with Gasteiger partial charge in [0.2, 0.25) is 0 Å². The average molecular weight is 287 g/mol. The second-order valence-electron chi connectivity index (χ2n) is 6.44. The van der Waals surface area contributed by atoms with Crippen LogP contribution in [-0.2, 0) is 16.0 Å². The first kappa shape index (κ1) is 14.4. The summed E-state index contributed by atoms with van der Waals surface area (Å²) in [7, 11) is 0. The zero-order valence-corrected chi connectivity index (χ0v) is 12.8. The van der Waals surface area contributed by atoms with Crippen LogP contribution in [0, 0.1) is 11.8 Å². The summed E-state index contributed by atoms with van der Waals surface area (Å²) in [6.07, 6.45) is 6.73. The van der Waals surface area contributed by atoms with Gasteiger partial charge >= 0.3 is 5.97 Å². The number of rotatable bonds is 3. The molecule has 2 aliphatic rings. The van der Waals surface area contributed by atoms with E-state index in [1.54, 1.807) is 0 Å². The van der Waals surface area contributed by atoms with Crippen molar-refractivity contribution in [2.75, 3.05) is 11.9 Å². The van der Waals surface area contributed by atoms with Gasteiger partial charge in [-0.1, -0.05) is 38.0 Å². The minimum Gasteiger partial charge on any atom is -0.462 e. The predicted octanol–water partition coefficient (Wildman–Crippen LogP) is 3.78. The highest BCUT2D eigenvalue weighted by Gasteiger charge is 2.29. The standard InChI is InChI=1S/C18H25NO2/c1-2-13-6-5-8-16(10-13)21-18(20)15-11-14-7-3-4-9-17(14)19-12-15/h3-4,7,9,13,15-16,19H,2,5-6,8,10-12H2,1H3. The first-order valence-electron chi connectivity index (χ1n) is 8.28. The van der Waals surface area contributed by atoms with Gasteiger partial charge in [0, 0.05) is 12.2 Å². The summed E-state index contributed by atoms with van der Waals surface area (Å²) in [6, 6.07) is 8.22. The Labute approximate surface area is 127 Å². The van der Waals surface area contributed by atoms with Crippen LogP contribution in [0.4, 0.5) is 5.69 Å². The van der Waals surface area contributed by atoms with E-state index in [1.165, 1.54) is 24.8 Å². The summed E-state index contributed by atoms with van der Waals surface area (Å²) in [5.74, 6) is 0.683. The number of nitrogens with one attached hydrogen (secondary N) is 1. The molecule has 3 heteroatoms. The van der Waals surface area contributed by atoms with Crippen molar-refractivity contribution in [3.05, 3.63) is 29.8 Å². The van der Waals surface area contributed by atoms with Gasteiger partial charge < -0.3 is 10.1 Å². The maximum Gasteiger partial charge on any atom is 0.311 e. The SMILES string of the molecule is CCC1CCCC(OC(=O)C2CNc3ccccc3C2)C1. The molecule has 0 spiro atoms. The van der Waals surface area contributed by atoms with Gasteiger partial charge in [0.15, 0.2) is 0 Å². The highest BCUT2D eigenvalue weighted by atomic mass is 16.5. The maximum atomic E-state index is 12.4. The quantitative estimate of drug-likeness (QED) is 0.860. The fraction of sp³-hybridized carbons (Fsp3) is 0.611. The molecule has 1 aliphatic heterocycles. The Morgan fingerprint density at radius 2 is 2.19 bits per heavy atom. The normalized spacial score (nSPS) is 28.3. The van der Waals surface area contributed by atoms with Crippen LogP contribution < -0.4 is 5.32 Å². The summed E-state index contributed by atoms with van der Waals surface area (Å²) in [5.41, 5.74) is 2.38. The molecule has 0 amide bonds. The van der Waals surface area contributed by atoms with Crippen LogP contribution in [0.5, 0.6) is 0 Å². The molecule has 3 nitrogen and oxygen atoms in total. The third-order valence-electron chi connectivity index (χ3n) is 4.95. The van der Waals surface area contributed by atoms with Gasteiger partial charge in [0.1, 0.15) is 6.10 Å². The Hall–Kier alpha value is -1.51. The molecular weight excluding hydrogens is 262 g/mol. The van der Waals surface area contributed by atoms with Gasteiger partial charge in [0.25, 0.3) is 0 Å². The van der Waals surface area contributed by atoms with E-state index < -0.39 is 0 Å². The lowest BCUT2D eigenvalue weighted by atomic mass is 9.85. The number of anilines is 1. The molecule has 0 radical (unpaired) electrons. The van der Waals surface area contributed by atoms with E-state index >= 15 is 0 Å². The number of esters is 1. The Morgan fingerprint density at radius 3 is 3.05 bits per heavy atom. The van der Waals surface area contributed by atoms with Gasteiger partial charge in [-0.05, 0) is 43.2 Å². The molecule has 3 rings (SSSR count). The van der Waals surface area contributed by atoms with E-state index in [9.17, 15) is 4.79 Å². The largest absolute Gasteiger partial charge is 0.462 e. The van der Waals surface area contributed by atoms with Crippen LogP contribution >= 0.6 is 0 Å². The molecule has 1 fully saturated rings. The molecule has 1 N–H and O–H groups in total. The van der Waals surface area contributed by atoms with E-state index in [0.717, 1.165) is 30.9 Å². The fourth-order valence-electron chi connectivity index (χ4n) is 3.59. The number of fused-ring (bicyclic) bond motifs is 1. The Balaban J connectivity index is 1.57. The number of benzene rings is 1. The number of hydrogen-bond acceptors (Lipinski definition) is 3. The van der Waals surface area contributed by atoms with E-state index in [0.29, 0.717) is 6.54 Å². The summed E-state index contributed by atoms with van der Waals surface area (Å²) in [5, 5.41) is 3.35. The zero-order valence-electron chi connectivity index (χ0n) is 12.8. The molecule has 0 saturated heterocycles. The zero-order chi connectivity index (χ0) is 14.7. The highest BCUT2D eigenvalue weighted by Crippen LogP contribution is 2.30. The van der Waals surface area contributed by atoms with E-state index in [2.05, 4.69) is 24.4 Å². The number of carbonyl (C=O) groups is 1. The van der Waals surface area contributed by atoms with Crippen LogP contribution in [-0.4, -0.2) is 18.6 Å². The molecular formula is C18H25NO2. The number of carbonyl (C=O) groups excluding carboxylic acids is 1. The molecule has 21 heavy (non-hydrogen) atoms. The molecule has 114 valence electrons. The monoisotopic (exact) mass is 287 g/mol. The summed E-state index contributed by atoms with van der Waals surface area (Å²) in [6.45, 7) is 2.93. The molecule has 1 aromatic rings. The van der Waals surface area contributed by atoms with Crippen molar-refractivity contribution in [2.24, 2.45) is 11.8 Å². The van der Waals surface area contributed by atoms with Crippen molar-refractivity contribution in [2.45, 2.75) is 51.6 Å². The lowest BCUT2D eigenvalue weighted by Gasteiger charge is -2.31. The first-order chi connectivity index (χ1) is 10.3. The van der Waals surface area contributed by atoms with Gasteiger partial charge in [0.05, 0.1) is 5.92 Å². The van der Waals surface area contributed by atoms with Crippen LogP contribution in [0.2, 0.25) is 0 Å². The topological polar surface area (TPSA) is 38.3 Å². The molecule has 0 bridgehead atoms. The molecule has 3 unspecified atom stereocenters. The Morgan fingerprint density at radius 1 is 1.33 bits per heavy atom. The Bertz CT molecular complexity index is 500. The molecule has 3 atom stereocenters. The summed E-state index contributed by atoms with van der Waals surface area (Å²) < 4.78 is 5.80. The van der Waals surface area contributed by atoms with E-state index in [-0.39, 0.29) is 18.0 Å². The second-order valence-corrected chi connectivity index (χ2v) is 6.44. The van der Waals surface area contributed by atoms with Crippen LogP contribution in [0.3, 0.4) is 0 Å². The molecule has 1 saturated carbocycles. The van der Waals surface area contributed by atoms with Crippen molar-refractivity contribution in [1.82, 2.24) is 0 Å². The van der Waals surface area contributed by atoms with Gasteiger partial charge in [-0.25, -0.2) is 0 Å². The maximum absolute atomic E-state index is 12.4. The molecule has 1 aromatic carbocycles. The third kappa shape index (κ3) is 3.39. The second kappa shape index (κ2) is 6.50. The molecule has 1 aliphatic carbocycles. The van der Waals surface area contributed by atoms with Gasteiger partial charge in [-0.15, -0.1) is 0 Å². The van der Waals surface area contributed by atoms with Crippen LogP contribution in [0.15, 0.2) is 24.3 Å². The lowest BCUT2D eigenvalue weighted by molar-refractivity contribution is -0.156. The van der Waals surface area contributed by atoms with Gasteiger partial charge in [-0.2, -0.15) is 0 Å². The van der Waals surface area contributed by atoms with Crippen molar-refractivity contribution < 1.29 is 9.53 Å². The minimum atomic E-state index is -0.0399. The summed E-state index contributed by atoms with van der Waals surface area (Å²) >= 11 is 0. The average Bonchev–Trinajstić information content (AvgIpc) is 2.54. The van der Waals surface area contributed by atoms with E-state index in [1.807, 2.05) is 12.1 Å². The smallest absolute Gasteiger partial charge is 0.311 e. The van der Waals surface area contributed by atoms with Crippen molar-refractivity contribution in [1.29, 1.82) is 0 Å².